The smallest absolute Gasteiger partial charge is 0.0569 e. The van der Waals surface area contributed by atoms with Crippen molar-refractivity contribution in [3.05, 3.63) is 66.7 Å². The third-order valence-electron chi connectivity index (χ3n) is 3.23. The maximum Gasteiger partial charge on any atom is 0.0569 e. The second kappa shape index (κ2) is 5.57. The van der Waals surface area contributed by atoms with Gasteiger partial charge in [0.15, 0.2) is 0 Å². The van der Waals surface area contributed by atoms with Crippen LogP contribution in [0.1, 0.15) is 5.69 Å². The molecule has 0 aliphatic heterocycles. The van der Waals surface area contributed by atoms with Gasteiger partial charge in [0.2, 0.25) is 0 Å². The molecule has 4 nitrogen and oxygen atoms in total. The van der Waals surface area contributed by atoms with Gasteiger partial charge in [-0.05, 0) is 18.2 Å². The highest BCUT2D eigenvalue weighted by Crippen LogP contribution is 2.24. The first kappa shape index (κ1) is 12.4. The summed E-state index contributed by atoms with van der Waals surface area (Å²) < 4.78 is 1.93. The number of pyridine rings is 1. The van der Waals surface area contributed by atoms with E-state index in [0.29, 0.717) is 0 Å². The summed E-state index contributed by atoms with van der Waals surface area (Å²) in [6, 6.07) is 13.8. The number of benzene rings is 1. The van der Waals surface area contributed by atoms with E-state index in [0.717, 1.165) is 35.5 Å². The van der Waals surface area contributed by atoms with Crippen LogP contribution in [0, 0.1) is 0 Å². The second-order valence-electron chi connectivity index (χ2n) is 4.65. The van der Waals surface area contributed by atoms with E-state index in [2.05, 4.69) is 10.1 Å². The summed E-state index contributed by atoms with van der Waals surface area (Å²) in [6.07, 6.45) is 6.56. The number of para-hydroxylation sites is 1. The van der Waals surface area contributed by atoms with Crippen LogP contribution in [0.4, 0.5) is 5.69 Å². The quantitative estimate of drug-likeness (QED) is 0.737. The summed E-state index contributed by atoms with van der Waals surface area (Å²) in [4.78, 5) is 4.31. The van der Waals surface area contributed by atoms with Crippen molar-refractivity contribution >= 4 is 5.69 Å². The molecule has 0 radical (unpaired) electrons. The Bertz CT molecular complexity index is 688. The normalized spacial score (nSPS) is 10.6. The molecule has 0 saturated heterocycles. The Balaban J connectivity index is 1.73. The molecule has 2 aromatic heterocycles. The molecule has 4 heteroatoms. The lowest BCUT2D eigenvalue weighted by Gasteiger charge is -2.02. The van der Waals surface area contributed by atoms with Gasteiger partial charge in [0.1, 0.15) is 0 Å². The van der Waals surface area contributed by atoms with E-state index in [-0.39, 0.29) is 0 Å². The molecule has 0 atom stereocenters. The zero-order valence-corrected chi connectivity index (χ0v) is 11.1. The minimum absolute atomic E-state index is 0.775. The fraction of sp³-hybridized carbons (Fsp3) is 0.125. The van der Waals surface area contributed by atoms with Crippen molar-refractivity contribution in [3.63, 3.8) is 0 Å². The van der Waals surface area contributed by atoms with Gasteiger partial charge in [0.05, 0.1) is 6.20 Å². The molecule has 0 bridgehead atoms. The molecule has 3 rings (SSSR count). The van der Waals surface area contributed by atoms with Gasteiger partial charge in [-0.3, -0.25) is 9.67 Å². The van der Waals surface area contributed by atoms with Gasteiger partial charge in [-0.15, -0.1) is 0 Å². The maximum atomic E-state index is 5.98. The van der Waals surface area contributed by atoms with Crippen molar-refractivity contribution in [1.29, 1.82) is 0 Å². The largest absolute Gasteiger partial charge is 0.398 e. The van der Waals surface area contributed by atoms with E-state index >= 15 is 0 Å². The Kier molecular flexibility index (Phi) is 3.46. The molecular weight excluding hydrogens is 248 g/mol. The highest BCUT2D eigenvalue weighted by atomic mass is 15.3. The van der Waals surface area contributed by atoms with E-state index in [4.69, 9.17) is 5.73 Å². The van der Waals surface area contributed by atoms with Crippen LogP contribution in [0.15, 0.2) is 61.1 Å². The summed E-state index contributed by atoms with van der Waals surface area (Å²) in [5.41, 5.74) is 9.90. The molecule has 2 heterocycles. The van der Waals surface area contributed by atoms with Gasteiger partial charge in [-0.1, -0.05) is 24.3 Å². The van der Waals surface area contributed by atoms with Gasteiger partial charge in [0, 0.05) is 47.9 Å². The summed E-state index contributed by atoms with van der Waals surface area (Å²) >= 11 is 0. The highest BCUT2D eigenvalue weighted by molar-refractivity contribution is 5.75. The van der Waals surface area contributed by atoms with Gasteiger partial charge >= 0.3 is 0 Å². The molecule has 2 N–H and O–H groups in total. The first-order chi connectivity index (χ1) is 9.83. The SMILES string of the molecule is Nc1ccccc1-c1cnn(CCc2ccccn2)c1. The van der Waals surface area contributed by atoms with Crippen LogP contribution in [-0.2, 0) is 13.0 Å². The molecule has 0 amide bonds. The topological polar surface area (TPSA) is 56.7 Å². The van der Waals surface area contributed by atoms with E-state index in [1.807, 2.05) is 65.7 Å². The molecular formula is C16H16N4. The average molecular weight is 264 g/mol. The number of aromatic nitrogens is 3. The lowest BCUT2D eigenvalue weighted by Crippen LogP contribution is -2.02. The zero-order valence-electron chi connectivity index (χ0n) is 11.1. The number of nitrogens with two attached hydrogens (primary N) is 1. The molecule has 0 aliphatic carbocycles. The van der Waals surface area contributed by atoms with Gasteiger partial charge in [-0.2, -0.15) is 5.10 Å². The third kappa shape index (κ3) is 2.69. The monoisotopic (exact) mass is 264 g/mol. The van der Waals surface area contributed by atoms with Gasteiger partial charge in [0.25, 0.3) is 0 Å². The minimum Gasteiger partial charge on any atom is -0.398 e. The second-order valence-corrected chi connectivity index (χ2v) is 4.65. The van der Waals surface area contributed by atoms with Crippen molar-refractivity contribution < 1.29 is 0 Å². The van der Waals surface area contributed by atoms with Crippen LogP contribution in [0.3, 0.4) is 0 Å². The summed E-state index contributed by atoms with van der Waals surface area (Å²) in [7, 11) is 0. The molecule has 1 aromatic carbocycles. The van der Waals surface area contributed by atoms with Crippen LogP contribution in [0.2, 0.25) is 0 Å². The molecule has 0 fully saturated rings. The van der Waals surface area contributed by atoms with E-state index in [1.54, 1.807) is 0 Å². The standard InChI is InChI=1S/C16H16N4/c17-16-7-2-1-6-15(16)13-11-19-20(12-13)10-8-14-5-3-4-9-18-14/h1-7,9,11-12H,8,10,17H2. The van der Waals surface area contributed by atoms with Crippen LogP contribution < -0.4 is 5.73 Å². The lowest BCUT2D eigenvalue weighted by molar-refractivity contribution is 0.608. The Hall–Kier alpha value is -2.62. The number of aryl methyl sites for hydroxylation is 2. The van der Waals surface area contributed by atoms with E-state index in [9.17, 15) is 0 Å². The molecule has 20 heavy (non-hydrogen) atoms. The molecule has 3 aromatic rings. The number of hydrogen-bond donors (Lipinski definition) is 1. The highest BCUT2D eigenvalue weighted by Gasteiger charge is 2.05. The predicted molar refractivity (Wildman–Crippen MR) is 80.0 cm³/mol. The summed E-state index contributed by atoms with van der Waals surface area (Å²) in [5.74, 6) is 0. The van der Waals surface area contributed by atoms with Gasteiger partial charge in [-0.25, -0.2) is 0 Å². The fourth-order valence-electron chi connectivity index (χ4n) is 2.16. The van der Waals surface area contributed by atoms with Crippen molar-refractivity contribution in [2.24, 2.45) is 0 Å². The third-order valence-corrected chi connectivity index (χ3v) is 3.23. The van der Waals surface area contributed by atoms with Crippen molar-refractivity contribution in [3.8, 4) is 11.1 Å². The van der Waals surface area contributed by atoms with Crippen molar-refractivity contribution in [2.75, 3.05) is 5.73 Å². The Morgan fingerprint density at radius 3 is 2.70 bits per heavy atom. The lowest BCUT2D eigenvalue weighted by atomic mass is 10.1. The minimum atomic E-state index is 0.775. The molecule has 0 aliphatic rings. The van der Waals surface area contributed by atoms with E-state index < -0.39 is 0 Å². The molecule has 100 valence electrons. The van der Waals surface area contributed by atoms with Crippen LogP contribution in [0.25, 0.3) is 11.1 Å². The van der Waals surface area contributed by atoms with Crippen molar-refractivity contribution in [2.45, 2.75) is 13.0 Å². The summed E-state index contributed by atoms with van der Waals surface area (Å²) in [6.45, 7) is 0.809. The average Bonchev–Trinajstić information content (AvgIpc) is 2.95. The van der Waals surface area contributed by atoms with Crippen LogP contribution in [-0.4, -0.2) is 14.8 Å². The van der Waals surface area contributed by atoms with E-state index in [1.165, 1.54) is 0 Å². The number of anilines is 1. The zero-order chi connectivity index (χ0) is 13.8. The van der Waals surface area contributed by atoms with Gasteiger partial charge < -0.3 is 5.73 Å². The van der Waals surface area contributed by atoms with Crippen LogP contribution >= 0.6 is 0 Å². The molecule has 0 saturated carbocycles. The number of nitrogen functional groups attached to an aromatic ring is 1. The van der Waals surface area contributed by atoms with Crippen molar-refractivity contribution in [1.82, 2.24) is 14.8 Å². The number of rotatable bonds is 4. The molecule has 0 spiro atoms. The predicted octanol–water partition coefficient (Wildman–Crippen LogP) is 2.77. The van der Waals surface area contributed by atoms with Crippen LogP contribution in [0.5, 0.6) is 0 Å². The first-order valence-corrected chi connectivity index (χ1v) is 6.60. The number of hydrogen-bond acceptors (Lipinski definition) is 3. The fourth-order valence-corrected chi connectivity index (χ4v) is 2.16. The molecule has 0 unspecified atom stereocenters. The maximum absolute atomic E-state index is 5.98. The Morgan fingerprint density at radius 1 is 1.05 bits per heavy atom. The Labute approximate surface area is 117 Å². The summed E-state index contributed by atoms with van der Waals surface area (Å²) in [5, 5.41) is 4.38. The first-order valence-electron chi connectivity index (χ1n) is 6.60. The Morgan fingerprint density at radius 2 is 1.90 bits per heavy atom. The number of nitrogens with zero attached hydrogens (tertiary/aromatic N) is 3.